The fourth-order valence-corrected chi connectivity index (χ4v) is 2.68. The summed E-state index contributed by atoms with van der Waals surface area (Å²) in [5, 5.41) is 13.2. The molecular weight excluding hydrogens is 214 g/mol. The summed E-state index contributed by atoms with van der Waals surface area (Å²) in [5.74, 6) is 0. The van der Waals surface area contributed by atoms with Crippen molar-refractivity contribution in [2.45, 2.75) is 57.7 Å². The topological polar surface area (TPSA) is 50.1 Å². The quantitative estimate of drug-likeness (QED) is 0.819. The molecule has 1 saturated carbocycles. The summed E-state index contributed by atoms with van der Waals surface area (Å²) in [5.41, 5.74) is 1.15. The smallest absolute Gasteiger partial charge is 0.0948 e. The molecule has 0 unspecified atom stereocenters. The van der Waals surface area contributed by atoms with Crippen LogP contribution in [0.2, 0.25) is 0 Å². The largest absolute Gasteiger partial charge is 0.394 e. The van der Waals surface area contributed by atoms with Gasteiger partial charge in [0.15, 0.2) is 0 Å². The molecule has 1 aromatic rings. The molecule has 2 rings (SSSR count). The first-order valence-corrected chi connectivity index (χ1v) is 6.64. The average Bonchev–Trinajstić information content (AvgIpc) is 2.85. The maximum atomic E-state index is 9.61. The minimum absolute atomic E-state index is 0.0545. The van der Waals surface area contributed by atoms with E-state index in [4.69, 9.17) is 0 Å². The summed E-state index contributed by atoms with van der Waals surface area (Å²) < 4.78 is 2.14. The molecule has 1 aromatic heterocycles. The van der Waals surface area contributed by atoms with Crippen LogP contribution in [0.5, 0.6) is 0 Å². The van der Waals surface area contributed by atoms with E-state index in [1.165, 1.54) is 25.0 Å². The summed E-state index contributed by atoms with van der Waals surface area (Å²) in [6.07, 6.45) is 9.69. The molecule has 17 heavy (non-hydrogen) atoms. The van der Waals surface area contributed by atoms with Crippen molar-refractivity contribution >= 4 is 0 Å². The molecule has 0 aromatic carbocycles. The lowest BCUT2D eigenvalue weighted by Gasteiger charge is -2.36. The van der Waals surface area contributed by atoms with E-state index in [1.807, 2.05) is 12.5 Å². The number of nitrogens with zero attached hydrogens (tertiary/aromatic N) is 2. The first-order chi connectivity index (χ1) is 8.29. The van der Waals surface area contributed by atoms with E-state index in [0.29, 0.717) is 0 Å². The highest BCUT2D eigenvalue weighted by molar-refractivity contribution is 5.00. The lowest BCUT2D eigenvalue weighted by atomic mass is 9.82. The third-order valence-corrected chi connectivity index (χ3v) is 3.90. The molecule has 0 atom stereocenters. The number of aromatic nitrogens is 2. The fourth-order valence-electron chi connectivity index (χ4n) is 2.68. The number of hydrogen-bond donors (Lipinski definition) is 2. The van der Waals surface area contributed by atoms with E-state index in [-0.39, 0.29) is 12.1 Å². The molecule has 96 valence electrons. The van der Waals surface area contributed by atoms with Crippen molar-refractivity contribution in [1.29, 1.82) is 0 Å². The van der Waals surface area contributed by atoms with E-state index >= 15 is 0 Å². The van der Waals surface area contributed by atoms with Crippen LogP contribution in [0.15, 0.2) is 12.5 Å². The van der Waals surface area contributed by atoms with Crippen LogP contribution in [-0.2, 0) is 13.1 Å². The van der Waals surface area contributed by atoms with Gasteiger partial charge in [0, 0.05) is 24.8 Å². The van der Waals surface area contributed by atoms with E-state index in [0.717, 1.165) is 25.9 Å². The normalized spacial score (nSPS) is 19.4. The second-order valence-corrected chi connectivity index (χ2v) is 5.02. The third-order valence-electron chi connectivity index (χ3n) is 3.90. The van der Waals surface area contributed by atoms with Crippen LogP contribution >= 0.6 is 0 Å². The monoisotopic (exact) mass is 237 g/mol. The first kappa shape index (κ1) is 12.6. The van der Waals surface area contributed by atoms with Gasteiger partial charge in [0.05, 0.1) is 18.6 Å². The zero-order chi connectivity index (χ0) is 12.1. The Morgan fingerprint density at radius 1 is 1.41 bits per heavy atom. The lowest BCUT2D eigenvalue weighted by Crippen LogP contribution is -2.49. The number of imidazole rings is 1. The molecule has 0 saturated heterocycles. The molecule has 1 fully saturated rings. The number of nitrogens with one attached hydrogen (secondary N) is 1. The number of aryl methyl sites for hydroxylation is 1. The Morgan fingerprint density at radius 3 is 2.82 bits per heavy atom. The summed E-state index contributed by atoms with van der Waals surface area (Å²) in [4.78, 5) is 4.17. The predicted molar refractivity (Wildman–Crippen MR) is 67.6 cm³/mol. The lowest BCUT2D eigenvalue weighted by molar-refractivity contribution is 0.119. The van der Waals surface area contributed by atoms with Crippen LogP contribution in [0.4, 0.5) is 0 Å². The number of aliphatic hydroxyl groups excluding tert-OH is 1. The second kappa shape index (κ2) is 5.65. The van der Waals surface area contributed by atoms with Crippen molar-refractivity contribution in [1.82, 2.24) is 14.9 Å². The Balaban J connectivity index is 1.95. The molecule has 1 aliphatic rings. The van der Waals surface area contributed by atoms with Gasteiger partial charge in [-0.05, 0) is 19.8 Å². The van der Waals surface area contributed by atoms with Gasteiger partial charge in [-0.15, -0.1) is 0 Å². The zero-order valence-electron chi connectivity index (χ0n) is 10.7. The Morgan fingerprint density at radius 2 is 2.18 bits per heavy atom. The summed E-state index contributed by atoms with van der Waals surface area (Å²) in [6.45, 7) is 4.11. The highest BCUT2D eigenvalue weighted by atomic mass is 16.3. The zero-order valence-corrected chi connectivity index (χ0v) is 10.7. The SMILES string of the molecule is CCn1cncc1CNC1(CO)CCCCC1. The Kier molecular flexibility index (Phi) is 4.18. The summed E-state index contributed by atoms with van der Waals surface area (Å²) >= 11 is 0. The van der Waals surface area contributed by atoms with Crippen molar-refractivity contribution in [3.63, 3.8) is 0 Å². The highest BCUT2D eigenvalue weighted by Crippen LogP contribution is 2.28. The van der Waals surface area contributed by atoms with Crippen LogP contribution in [0.3, 0.4) is 0 Å². The molecule has 0 spiro atoms. The molecule has 0 amide bonds. The van der Waals surface area contributed by atoms with E-state index in [9.17, 15) is 5.11 Å². The van der Waals surface area contributed by atoms with Gasteiger partial charge in [-0.1, -0.05) is 19.3 Å². The van der Waals surface area contributed by atoms with Gasteiger partial charge in [0.1, 0.15) is 0 Å². The van der Waals surface area contributed by atoms with Gasteiger partial charge in [-0.25, -0.2) is 4.98 Å². The molecule has 4 heteroatoms. The van der Waals surface area contributed by atoms with Crippen molar-refractivity contribution in [3.8, 4) is 0 Å². The Labute approximate surface area is 103 Å². The first-order valence-electron chi connectivity index (χ1n) is 6.64. The molecule has 0 radical (unpaired) electrons. The summed E-state index contributed by atoms with van der Waals surface area (Å²) in [7, 11) is 0. The third kappa shape index (κ3) is 2.87. The number of hydrogen-bond acceptors (Lipinski definition) is 3. The van der Waals surface area contributed by atoms with Gasteiger partial charge < -0.3 is 15.0 Å². The summed E-state index contributed by atoms with van der Waals surface area (Å²) in [6, 6.07) is 0. The fraction of sp³-hybridized carbons (Fsp3) is 0.769. The van der Waals surface area contributed by atoms with E-state index < -0.39 is 0 Å². The van der Waals surface area contributed by atoms with Crippen LogP contribution in [0, 0.1) is 0 Å². The maximum Gasteiger partial charge on any atom is 0.0948 e. The molecule has 1 aliphatic carbocycles. The predicted octanol–water partition coefficient (Wildman–Crippen LogP) is 1.69. The van der Waals surface area contributed by atoms with Crippen molar-refractivity contribution in [2.75, 3.05) is 6.61 Å². The molecule has 4 nitrogen and oxygen atoms in total. The molecule has 1 heterocycles. The minimum Gasteiger partial charge on any atom is -0.394 e. The van der Waals surface area contributed by atoms with E-state index in [1.54, 1.807) is 0 Å². The van der Waals surface area contributed by atoms with Gasteiger partial charge in [-0.3, -0.25) is 0 Å². The number of rotatable bonds is 5. The maximum absolute atomic E-state index is 9.61. The van der Waals surface area contributed by atoms with Crippen molar-refractivity contribution in [2.24, 2.45) is 0 Å². The standard InChI is InChI=1S/C13H23N3O/c1-2-16-11-14-8-12(16)9-15-13(10-17)6-4-3-5-7-13/h8,11,15,17H,2-7,9-10H2,1H3. The average molecular weight is 237 g/mol. The van der Waals surface area contributed by atoms with Gasteiger partial charge >= 0.3 is 0 Å². The van der Waals surface area contributed by atoms with Crippen LogP contribution < -0.4 is 5.32 Å². The molecule has 0 bridgehead atoms. The second-order valence-electron chi connectivity index (χ2n) is 5.02. The van der Waals surface area contributed by atoms with Gasteiger partial charge in [-0.2, -0.15) is 0 Å². The molecular formula is C13H23N3O. The Bertz CT molecular complexity index is 342. The van der Waals surface area contributed by atoms with Gasteiger partial charge in [0.25, 0.3) is 0 Å². The molecule has 2 N–H and O–H groups in total. The minimum atomic E-state index is -0.0545. The van der Waals surface area contributed by atoms with Gasteiger partial charge in [0.2, 0.25) is 0 Å². The highest BCUT2D eigenvalue weighted by Gasteiger charge is 2.30. The van der Waals surface area contributed by atoms with Crippen molar-refractivity contribution < 1.29 is 5.11 Å². The molecule has 0 aliphatic heterocycles. The van der Waals surface area contributed by atoms with Crippen LogP contribution in [0.1, 0.15) is 44.7 Å². The number of aliphatic hydroxyl groups is 1. The van der Waals surface area contributed by atoms with E-state index in [2.05, 4.69) is 21.8 Å². The van der Waals surface area contributed by atoms with Crippen LogP contribution in [-0.4, -0.2) is 26.8 Å². The Hall–Kier alpha value is -0.870. The van der Waals surface area contributed by atoms with Crippen LogP contribution in [0.25, 0.3) is 0 Å². The van der Waals surface area contributed by atoms with Crippen molar-refractivity contribution in [3.05, 3.63) is 18.2 Å².